The number of hydrogen-bond donors (Lipinski definition) is 2. The first kappa shape index (κ1) is 17.6. The monoisotopic (exact) mass is 347 g/mol. The first-order chi connectivity index (χ1) is 12.6. The molecule has 0 fully saturated rings. The van der Waals surface area contributed by atoms with Gasteiger partial charge in [0.15, 0.2) is 0 Å². The molecule has 5 nitrogen and oxygen atoms in total. The molecule has 0 atom stereocenters. The predicted molar refractivity (Wildman–Crippen MR) is 103 cm³/mol. The van der Waals surface area contributed by atoms with Gasteiger partial charge in [-0.2, -0.15) is 0 Å². The molecule has 0 saturated heterocycles. The summed E-state index contributed by atoms with van der Waals surface area (Å²) in [5.74, 6) is -0.202. The maximum atomic E-state index is 12.8. The number of benzene rings is 2. The van der Waals surface area contributed by atoms with Crippen molar-refractivity contribution in [3.63, 3.8) is 0 Å². The summed E-state index contributed by atoms with van der Waals surface area (Å²) in [6, 6.07) is 16.4. The first-order valence-corrected chi connectivity index (χ1v) is 8.58. The van der Waals surface area contributed by atoms with Crippen molar-refractivity contribution in [3.8, 4) is 0 Å². The Morgan fingerprint density at radius 2 is 1.69 bits per heavy atom. The van der Waals surface area contributed by atoms with Gasteiger partial charge in [-0.25, -0.2) is 0 Å². The summed E-state index contributed by atoms with van der Waals surface area (Å²) < 4.78 is 0. The number of pyridine rings is 1. The lowest BCUT2D eigenvalue weighted by molar-refractivity contribution is 0.0950. The molecule has 1 aromatic heterocycles. The molecular formula is C21H21N3O2. The maximum Gasteiger partial charge on any atom is 0.274 e. The fourth-order valence-electron chi connectivity index (χ4n) is 2.66. The minimum absolute atomic E-state index is 0.208. The van der Waals surface area contributed by atoms with E-state index in [9.17, 15) is 9.59 Å². The third-order valence-electron chi connectivity index (χ3n) is 3.98. The van der Waals surface area contributed by atoms with Gasteiger partial charge in [-0.05, 0) is 29.5 Å². The number of rotatable bonds is 5. The van der Waals surface area contributed by atoms with Crippen LogP contribution in [-0.2, 0) is 0 Å². The Hall–Kier alpha value is -3.21. The molecule has 132 valence electrons. The quantitative estimate of drug-likeness (QED) is 0.736. The Kier molecular flexibility index (Phi) is 5.27. The van der Waals surface area contributed by atoms with Crippen molar-refractivity contribution >= 4 is 28.3 Å². The lowest BCUT2D eigenvalue weighted by atomic mass is 10.1. The van der Waals surface area contributed by atoms with Crippen molar-refractivity contribution in [3.05, 3.63) is 72.1 Å². The third kappa shape index (κ3) is 3.88. The topological polar surface area (TPSA) is 71.1 Å². The standard InChI is InChI=1S/C21H21N3O2/c1-14(2)13-23-20(25)17-9-5-6-10-18(17)24-21(26)19-16-8-4-3-7-15(16)11-12-22-19/h3-12,14H,13H2,1-2H3,(H,23,25)(H,24,26). The fourth-order valence-corrected chi connectivity index (χ4v) is 2.66. The van der Waals surface area contributed by atoms with Crippen LogP contribution in [0.3, 0.4) is 0 Å². The molecule has 0 aliphatic rings. The van der Waals surface area contributed by atoms with Gasteiger partial charge in [0, 0.05) is 18.1 Å². The van der Waals surface area contributed by atoms with Crippen LogP contribution in [-0.4, -0.2) is 23.3 Å². The van der Waals surface area contributed by atoms with E-state index in [1.165, 1.54) is 0 Å². The van der Waals surface area contributed by atoms with Crippen LogP contribution in [0.2, 0.25) is 0 Å². The molecule has 0 aliphatic carbocycles. The van der Waals surface area contributed by atoms with Crippen LogP contribution in [0.15, 0.2) is 60.8 Å². The molecule has 5 heteroatoms. The van der Waals surface area contributed by atoms with E-state index < -0.39 is 0 Å². The van der Waals surface area contributed by atoms with Gasteiger partial charge < -0.3 is 10.6 Å². The molecule has 3 aromatic rings. The second kappa shape index (κ2) is 7.78. The van der Waals surface area contributed by atoms with E-state index in [-0.39, 0.29) is 11.8 Å². The van der Waals surface area contributed by atoms with E-state index in [0.29, 0.717) is 29.4 Å². The van der Waals surface area contributed by atoms with E-state index in [1.807, 2.05) is 44.2 Å². The van der Waals surface area contributed by atoms with Crippen molar-refractivity contribution < 1.29 is 9.59 Å². The van der Waals surface area contributed by atoms with Gasteiger partial charge in [0.25, 0.3) is 11.8 Å². The van der Waals surface area contributed by atoms with Crippen LogP contribution in [0.25, 0.3) is 10.8 Å². The number of amides is 2. The van der Waals surface area contributed by atoms with Gasteiger partial charge in [-0.15, -0.1) is 0 Å². The van der Waals surface area contributed by atoms with Gasteiger partial charge >= 0.3 is 0 Å². The second-order valence-electron chi connectivity index (χ2n) is 6.48. The summed E-state index contributed by atoms with van der Waals surface area (Å²) in [5.41, 5.74) is 1.23. The number of carbonyl (C=O) groups is 2. The Balaban J connectivity index is 1.87. The van der Waals surface area contributed by atoms with Gasteiger partial charge in [0.2, 0.25) is 0 Å². The molecule has 0 aliphatic heterocycles. The second-order valence-corrected chi connectivity index (χ2v) is 6.48. The Labute approximate surface area is 152 Å². The molecule has 2 N–H and O–H groups in total. The molecule has 0 spiro atoms. The third-order valence-corrected chi connectivity index (χ3v) is 3.98. The number of anilines is 1. The smallest absolute Gasteiger partial charge is 0.274 e. The van der Waals surface area contributed by atoms with E-state index in [4.69, 9.17) is 0 Å². The van der Waals surface area contributed by atoms with Crippen molar-refractivity contribution in [2.45, 2.75) is 13.8 Å². The van der Waals surface area contributed by atoms with Crippen LogP contribution < -0.4 is 10.6 Å². The Bertz CT molecular complexity index is 945. The lowest BCUT2D eigenvalue weighted by Crippen LogP contribution is -2.28. The average Bonchev–Trinajstić information content (AvgIpc) is 2.66. The summed E-state index contributed by atoms with van der Waals surface area (Å²) in [7, 11) is 0. The van der Waals surface area contributed by atoms with Gasteiger partial charge in [-0.3, -0.25) is 14.6 Å². The molecule has 26 heavy (non-hydrogen) atoms. The van der Waals surface area contributed by atoms with Crippen molar-refractivity contribution in [1.82, 2.24) is 10.3 Å². The number of carbonyl (C=O) groups excluding carboxylic acids is 2. The van der Waals surface area contributed by atoms with Gasteiger partial charge in [0.05, 0.1) is 11.3 Å². The number of fused-ring (bicyclic) bond motifs is 1. The molecule has 0 saturated carbocycles. The van der Waals surface area contributed by atoms with Crippen molar-refractivity contribution in [1.29, 1.82) is 0 Å². The normalized spacial score (nSPS) is 10.7. The summed E-state index contributed by atoms with van der Waals surface area (Å²) in [6.07, 6.45) is 1.61. The van der Waals surface area contributed by atoms with Crippen LogP contribution in [0.5, 0.6) is 0 Å². The highest BCUT2D eigenvalue weighted by atomic mass is 16.2. The molecule has 2 amide bonds. The molecule has 0 bridgehead atoms. The highest BCUT2D eigenvalue weighted by Gasteiger charge is 2.16. The molecular weight excluding hydrogens is 326 g/mol. The SMILES string of the molecule is CC(C)CNC(=O)c1ccccc1NC(=O)c1nccc2ccccc12. The highest BCUT2D eigenvalue weighted by molar-refractivity contribution is 6.13. The fraction of sp³-hybridized carbons (Fsp3) is 0.190. The zero-order valence-electron chi connectivity index (χ0n) is 14.8. The first-order valence-electron chi connectivity index (χ1n) is 8.58. The molecule has 0 radical (unpaired) electrons. The summed E-state index contributed by atoms with van der Waals surface area (Å²) >= 11 is 0. The Morgan fingerprint density at radius 3 is 2.50 bits per heavy atom. The average molecular weight is 347 g/mol. The number of aromatic nitrogens is 1. The zero-order valence-corrected chi connectivity index (χ0v) is 14.8. The highest BCUT2D eigenvalue weighted by Crippen LogP contribution is 2.20. The summed E-state index contributed by atoms with van der Waals surface area (Å²) in [4.78, 5) is 29.4. The number of nitrogens with zero attached hydrogens (tertiary/aromatic N) is 1. The number of hydrogen-bond acceptors (Lipinski definition) is 3. The Morgan fingerprint density at radius 1 is 0.962 bits per heavy atom. The largest absolute Gasteiger partial charge is 0.352 e. The van der Waals surface area contributed by atoms with E-state index in [0.717, 1.165) is 10.8 Å². The van der Waals surface area contributed by atoms with E-state index in [2.05, 4.69) is 15.6 Å². The molecule has 1 heterocycles. The molecule has 3 rings (SSSR count). The zero-order chi connectivity index (χ0) is 18.5. The minimum atomic E-state index is -0.342. The van der Waals surface area contributed by atoms with Crippen LogP contribution in [0, 0.1) is 5.92 Å². The van der Waals surface area contributed by atoms with E-state index >= 15 is 0 Å². The number of nitrogens with one attached hydrogen (secondary N) is 2. The predicted octanol–water partition coefficient (Wildman–Crippen LogP) is 3.87. The van der Waals surface area contributed by atoms with Gasteiger partial charge in [-0.1, -0.05) is 50.2 Å². The van der Waals surface area contributed by atoms with Crippen LogP contribution >= 0.6 is 0 Å². The van der Waals surface area contributed by atoms with E-state index in [1.54, 1.807) is 30.5 Å². The molecule has 2 aromatic carbocycles. The van der Waals surface area contributed by atoms with Crippen molar-refractivity contribution in [2.24, 2.45) is 5.92 Å². The number of para-hydroxylation sites is 1. The van der Waals surface area contributed by atoms with Gasteiger partial charge in [0.1, 0.15) is 5.69 Å². The summed E-state index contributed by atoms with van der Waals surface area (Å²) in [5, 5.41) is 7.41. The van der Waals surface area contributed by atoms with Crippen LogP contribution in [0.1, 0.15) is 34.7 Å². The van der Waals surface area contributed by atoms with Crippen molar-refractivity contribution in [2.75, 3.05) is 11.9 Å². The lowest BCUT2D eigenvalue weighted by Gasteiger charge is -2.13. The summed E-state index contributed by atoms with van der Waals surface area (Å²) in [6.45, 7) is 4.63. The minimum Gasteiger partial charge on any atom is -0.352 e. The maximum absolute atomic E-state index is 12.8. The molecule has 0 unspecified atom stereocenters. The van der Waals surface area contributed by atoms with Crippen LogP contribution in [0.4, 0.5) is 5.69 Å².